The predicted molar refractivity (Wildman–Crippen MR) is 357 cm³/mol. The van der Waals surface area contributed by atoms with Gasteiger partial charge in [-0.2, -0.15) is 0 Å². The summed E-state index contributed by atoms with van der Waals surface area (Å²) >= 11 is 0. The molecule has 412 valence electrons. The standard InChI is InChI=1S/C79H75N3O/c1-6-8-17-63-29-45-71(46-30-63)80(69-41-25-60(3)26-42-69)73-49-33-65(34-50-73)19-13-15-21-67-37-53-75(54-38-67)82(79-58-57-78(59-62(79)5)83-77-23-11-10-12-24-77)76-55-39-68(40-56-76)22-16-14-20-66-35-51-74(52-36-66)81(70-43-27-61(4)28-44-70)72-47-31-64(32-48-72)18-9-7-2/h10-16,19-59H,6-9,17-18H2,1-5H3/b19-13+,20-14+,21-15+,22-16+. The number of ether oxygens (including phenoxy) is 1. The highest BCUT2D eigenvalue weighted by Gasteiger charge is 2.17. The van der Waals surface area contributed by atoms with Crippen LogP contribution in [0.2, 0.25) is 0 Å². The van der Waals surface area contributed by atoms with Crippen LogP contribution in [0.25, 0.3) is 24.3 Å². The van der Waals surface area contributed by atoms with Gasteiger partial charge < -0.3 is 19.4 Å². The van der Waals surface area contributed by atoms with Crippen LogP contribution in [-0.2, 0) is 12.8 Å². The van der Waals surface area contributed by atoms with Crippen molar-refractivity contribution in [2.45, 2.75) is 73.1 Å². The molecule has 0 saturated heterocycles. The second kappa shape index (κ2) is 28.2. The number of hydrogen-bond acceptors (Lipinski definition) is 4. The van der Waals surface area contributed by atoms with E-state index in [2.05, 4.69) is 310 Å². The SMILES string of the molecule is CCCCc1ccc(N(c2ccc(C)cc2)c2ccc(/C=C/C=C/c3ccc(N(c4ccc(/C=C/C=C/c5ccc(N(c6ccc(C)cc6)c6ccc(CCCC)cc6)cc5)cc4)c4ccc(Oc5ccccc5)cc4C)cc3)cc2)cc1. The molecule has 83 heavy (non-hydrogen) atoms. The second-order valence-electron chi connectivity index (χ2n) is 21.4. The first-order chi connectivity index (χ1) is 40.8. The van der Waals surface area contributed by atoms with Crippen LogP contribution in [0.5, 0.6) is 11.5 Å². The highest BCUT2D eigenvalue weighted by Crippen LogP contribution is 2.40. The summed E-state index contributed by atoms with van der Waals surface area (Å²) in [5, 5.41) is 0. The fourth-order valence-electron chi connectivity index (χ4n) is 10.3. The number of aryl methyl sites for hydroxylation is 5. The van der Waals surface area contributed by atoms with Gasteiger partial charge in [0.2, 0.25) is 0 Å². The van der Waals surface area contributed by atoms with E-state index in [1.165, 1.54) is 47.9 Å². The molecule has 4 nitrogen and oxygen atoms in total. The lowest BCUT2D eigenvalue weighted by molar-refractivity contribution is 0.482. The molecule has 0 amide bonds. The maximum atomic E-state index is 6.27. The van der Waals surface area contributed by atoms with Crippen molar-refractivity contribution >= 4 is 75.5 Å². The Balaban J connectivity index is 0.828. The Kier molecular flexibility index (Phi) is 19.2. The summed E-state index contributed by atoms with van der Waals surface area (Å²) in [4.78, 5) is 6.99. The molecule has 0 aliphatic rings. The van der Waals surface area contributed by atoms with Crippen molar-refractivity contribution in [1.82, 2.24) is 0 Å². The van der Waals surface area contributed by atoms with Gasteiger partial charge in [-0.05, 0) is 213 Å². The average molecular weight is 1080 g/mol. The average Bonchev–Trinajstić information content (AvgIpc) is 3.55. The number of unbranched alkanes of at least 4 members (excludes halogenated alkanes) is 2. The van der Waals surface area contributed by atoms with Crippen LogP contribution in [0.15, 0.2) is 267 Å². The lowest BCUT2D eigenvalue weighted by Gasteiger charge is -2.27. The minimum absolute atomic E-state index is 0.798. The van der Waals surface area contributed by atoms with Gasteiger partial charge in [0.15, 0.2) is 0 Å². The summed E-state index contributed by atoms with van der Waals surface area (Å²) in [7, 11) is 0. The van der Waals surface area contributed by atoms with Gasteiger partial charge in [-0.25, -0.2) is 0 Å². The molecule has 0 spiro atoms. The van der Waals surface area contributed by atoms with E-state index in [1.54, 1.807) is 0 Å². The van der Waals surface area contributed by atoms with E-state index in [1.807, 2.05) is 30.3 Å². The van der Waals surface area contributed by atoms with Crippen LogP contribution in [0.1, 0.15) is 89.6 Å². The van der Waals surface area contributed by atoms with E-state index < -0.39 is 0 Å². The normalized spacial score (nSPS) is 11.5. The van der Waals surface area contributed by atoms with E-state index in [4.69, 9.17) is 4.74 Å². The van der Waals surface area contributed by atoms with Crippen molar-refractivity contribution in [3.63, 3.8) is 0 Å². The predicted octanol–water partition coefficient (Wildman–Crippen LogP) is 23.0. The molecule has 10 rings (SSSR count). The Labute approximate surface area is 494 Å². The maximum absolute atomic E-state index is 6.27. The van der Waals surface area contributed by atoms with Crippen molar-refractivity contribution in [2.24, 2.45) is 0 Å². The molecule has 0 heterocycles. The molecular formula is C79H75N3O. The Morgan fingerprint density at radius 2 is 0.627 bits per heavy atom. The van der Waals surface area contributed by atoms with Crippen molar-refractivity contribution in [2.75, 3.05) is 14.7 Å². The molecule has 10 aromatic rings. The molecular weight excluding hydrogens is 1010 g/mol. The minimum atomic E-state index is 0.798. The van der Waals surface area contributed by atoms with Crippen LogP contribution in [0, 0.1) is 20.8 Å². The van der Waals surface area contributed by atoms with Crippen molar-refractivity contribution in [3.05, 3.63) is 317 Å². The molecule has 10 aromatic carbocycles. The lowest BCUT2D eigenvalue weighted by atomic mass is 10.1. The fraction of sp³-hybridized carbons (Fsp3) is 0.139. The van der Waals surface area contributed by atoms with Crippen molar-refractivity contribution in [1.29, 1.82) is 0 Å². The van der Waals surface area contributed by atoms with Crippen LogP contribution < -0.4 is 19.4 Å². The Bertz CT molecular complexity index is 3540. The fourth-order valence-corrected chi connectivity index (χ4v) is 10.3. The van der Waals surface area contributed by atoms with Gasteiger partial charge in [-0.3, -0.25) is 0 Å². The molecule has 4 heteroatoms. The van der Waals surface area contributed by atoms with Gasteiger partial charge in [0.25, 0.3) is 0 Å². The number of rotatable bonds is 23. The van der Waals surface area contributed by atoms with Crippen molar-refractivity contribution in [3.8, 4) is 11.5 Å². The third-order valence-corrected chi connectivity index (χ3v) is 15.0. The first-order valence-electron chi connectivity index (χ1n) is 29.4. The second-order valence-corrected chi connectivity index (χ2v) is 21.4. The first kappa shape index (κ1) is 56.6. The van der Waals surface area contributed by atoms with Gasteiger partial charge in [0.1, 0.15) is 11.5 Å². The zero-order valence-corrected chi connectivity index (χ0v) is 48.7. The third kappa shape index (κ3) is 15.2. The highest BCUT2D eigenvalue weighted by molar-refractivity contribution is 5.82. The smallest absolute Gasteiger partial charge is 0.127 e. The molecule has 0 unspecified atom stereocenters. The minimum Gasteiger partial charge on any atom is -0.457 e. The summed E-state index contributed by atoms with van der Waals surface area (Å²) in [5.41, 5.74) is 20.9. The maximum Gasteiger partial charge on any atom is 0.127 e. The number of hydrogen-bond donors (Lipinski definition) is 0. The van der Waals surface area contributed by atoms with Gasteiger partial charge in [0.05, 0.1) is 0 Å². The number of anilines is 9. The number of para-hydroxylation sites is 1. The molecule has 0 atom stereocenters. The Morgan fingerprint density at radius 1 is 0.313 bits per heavy atom. The molecule has 0 aliphatic heterocycles. The summed E-state index contributed by atoms with van der Waals surface area (Å²) in [5.74, 6) is 1.61. The van der Waals surface area contributed by atoms with Crippen molar-refractivity contribution < 1.29 is 4.74 Å². The number of nitrogens with zero attached hydrogens (tertiary/aromatic N) is 3. The summed E-state index contributed by atoms with van der Waals surface area (Å²) in [6.07, 6.45) is 24.1. The topological polar surface area (TPSA) is 19.0 Å². The zero-order valence-electron chi connectivity index (χ0n) is 48.7. The molecule has 0 bridgehead atoms. The monoisotopic (exact) mass is 1080 g/mol. The van der Waals surface area contributed by atoms with Gasteiger partial charge in [-0.1, -0.05) is 202 Å². The van der Waals surface area contributed by atoms with E-state index in [-0.39, 0.29) is 0 Å². The van der Waals surface area contributed by atoms with Crippen LogP contribution in [0.3, 0.4) is 0 Å². The Hall–Kier alpha value is -9.64. The molecule has 0 N–H and O–H groups in total. The van der Waals surface area contributed by atoms with E-state index in [9.17, 15) is 0 Å². The zero-order chi connectivity index (χ0) is 57.2. The first-order valence-corrected chi connectivity index (χ1v) is 29.4. The van der Waals surface area contributed by atoms with Crippen LogP contribution in [0.4, 0.5) is 51.2 Å². The quantitative estimate of drug-likeness (QED) is 0.0594. The molecule has 0 aliphatic carbocycles. The Morgan fingerprint density at radius 3 is 0.952 bits per heavy atom. The highest BCUT2D eigenvalue weighted by atomic mass is 16.5. The summed E-state index contributed by atoms with van der Waals surface area (Å²) in [6, 6.07) is 87.0. The molecule has 0 fully saturated rings. The van der Waals surface area contributed by atoms with Gasteiger partial charge in [0, 0.05) is 51.2 Å². The van der Waals surface area contributed by atoms with E-state index >= 15 is 0 Å². The van der Waals surface area contributed by atoms with Gasteiger partial charge >= 0.3 is 0 Å². The number of allylic oxidation sites excluding steroid dienone is 4. The van der Waals surface area contributed by atoms with E-state index in [0.29, 0.717) is 0 Å². The van der Waals surface area contributed by atoms with E-state index in [0.717, 1.165) is 103 Å². The van der Waals surface area contributed by atoms with Crippen LogP contribution in [-0.4, -0.2) is 0 Å². The number of benzene rings is 10. The summed E-state index contributed by atoms with van der Waals surface area (Å²) < 4.78 is 6.27. The third-order valence-electron chi connectivity index (χ3n) is 15.0. The largest absolute Gasteiger partial charge is 0.457 e. The summed E-state index contributed by atoms with van der Waals surface area (Å²) in [6.45, 7) is 10.9. The van der Waals surface area contributed by atoms with Gasteiger partial charge in [-0.15, -0.1) is 0 Å². The van der Waals surface area contributed by atoms with Crippen LogP contribution >= 0.6 is 0 Å². The molecule has 0 aromatic heterocycles. The lowest BCUT2D eigenvalue weighted by Crippen LogP contribution is -2.11. The molecule has 0 radical (unpaired) electrons. The molecule has 0 saturated carbocycles.